The monoisotopic (exact) mass is 391 g/mol. The van der Waals surface area contributed by atoms with E-state index >= 15 is 0 Å². The Kier molecular flexibility index (Phi) is 7.62. The molecule has 1 heterocycles. The lowest BCUT2D eigenvalue weighted by molar-refractivity contribution is -0.129. The first-order valence-electron chi connectivity index (χ1n) is 10.5. The molecule has 152 valence electrons. The van der Waals surface area contributed by atoms with Crippen LogP contribution in [0.15, 0.2) is 59.2 Å². The minimum atomic E-state index is -0.424. The van der Waals surface area contributed by atoms with E-state index in [1.54, 1.807) is 6.08 Å². The summed E-state index contributed by atoms with van der Waals surface area (Å²) in [6.07, 6.45) is 9.23. The maximum absolute atomic E-state index is 12.2. The van der Waals surface area contributed by atoms with E-state index < -0.39 is 5.97 Å². The third-order valence-corrected chi connectivity index (χ3v) is 4.95. The third kappa shape index (κ3) is 6.05. The number of nitrogens with zero attached hydrogens (tertiary/aromatic N) is 1. The van der Waals surface area contributed by atoms with E-state index in [1.165, 1.54) is 32.1 Å². The van der Waals surface area contributed by atoms with Gasteiger partial charge in [0.1, 0.15) is 5.75 Å². The normalized spacial score (nSPS) is 14.8. The van der Waals surface area contributed by atoms with Crippen molar-refractivity contribution >= 4 is 17.9 Å². The third-order valence-electron chi connectivity index (χ3n) is 4.95. The summed E-state index contributed by atoms with van der Waals surface area (Å²) >= 11 is 0. The van der Waals surface area contributed by atoms with Gasteiger partial charge in [-0.25, -0.2) is 9.79 Å². The van der Waals surface area contributed by atoms with Gasteiger partial charge in [-0.2, -0.15) is 0 Å². The molecule has 29 heavy (non-hydrogen) atoms. The van der Waals surface area contributed by atoms with Crippen LogP contribution in [0.2, 0.25) is 0 Å². The molecular formula is C25H29NO3. The van der Waals surface area contributed by atoms with Crippen molar-refractivity contribution in [3.63, 3.8) is 0 Å². The lowest BCUT2D eigenvalue weighted by Crippen LogP contribution is -2.06. The van der Waals surface area contributed by atoms with Crippen molar-refractivity contribution in [2.45, 2.75) is 52.4 Å². The lowest BCUT2D eigenvalue weighted by atomic mass is 10.1. The molecule has 0 unspecified atom stereocenters. The molecule has 4 heteroatoms. The molecule has 0 aromatic heterocycles. The van der Waals surface area contributed by atoms with Crippen LogP contribution in [0.25, 0.3) is 6.08 Å². The first-order chi connectivity index (χ1) is 14.2. The molecule has 2 aromatic rings. The highest BCUT2D eigenvalue weighted by Gasteiger charge is 2.24. The number of aryl methyl sites for hydroxylation is 1. The van der Waals surface area contributed by atoms with Crippen LogP contribution in [0, 0.1) is 6.92 Å². The van der Waals surface area contributed by atoms with Gasteiger partial charge in [-0.15, -0.1) is 0 Å². The van der Waals surface area contributed by atoms with Crippen molar-refractivity contribution in [1.82, 2.24) is 0 Å². The fourth-order valence-electron chi connectivity index (χ4n) is 3.23. The standard InChI is InChI=1S/C25H29NO3/c1-3-4-5-6-7-10-17-28-21-15-13-20(14-16-21)18-23-25(27)29-24(26-23)22-12-9-8-11-19(22)2/h8-9,11-16,18H,3-7,10,17H2,1-2H3/b23-18-. The summed E-state index contributed by atoms with van der Waals surface area (Å²) in [6, 6.07) is 15.4. The Bertz CT molecular complexity index is 881. The second-order valence-electron chi connectivity index (χ2n) is 7.34. The second-order valence-corrected chi connectivity index (χ2v) is 7.34. The van der Waals surface area contributed by atoms with Crippen molar-refractivity contribution in [3.8, 4) is 5.75 Å². The van der Waals surface area contributed by atoms with Gasteiger partial charge in [0.25, 0.3) is 0 Å². The number of ether oxygens (including phenoxy) is 2. The zero-order valence-electron chi connectivity index (χ0n) is 17.3. The zero-order chi connectivity index (χ0) is 20.5. The number of esters is 1. The molecule has 1 aliphatic rings. The van der Waals surface area contributed by atoms with E-state index in [-0.39, 0.29) is 0 Å². The van der Waals surface area contributed by atoms with Gasteiger partial charge >= 0.3 is 5.97 Å². The highest BCUT2D eigenvalue weighted by atomic mass is 16.6. The molecule has 0 N–H and O–H groups in total. The molecule has 0 atom stereocenters. The highest BCUT2D eigenvalue weighted by Crippen LogP contribution is 2.22. The molecular weight excluding hydrogens is 362 g/mol. The Morgan fingerprint density at radius 3 is 2.45 bits per heavy atom. The van der Waals surface area contributed by atoms with Crippen LogP contribution >= 0.6 is 0 Å². The van der Waals surface area contributed by atoms with E-state index in [0.29, 0.717) is 11.6 Å². The Morgan fingerprint density at radius 2 is 1.69 bits per heavy atom. The molecule has 0 radical (unpaired) electrons. The van der Waals surface area contributed by atoms with E-state index in [2.05, 4.69) is 11.9 Å². The van der Waals surface area contributed by atoms with E-state index in [9.17, 15) is 4.79 Å². The summed E-state index contributed by atoms with van der Waals surface area (Å²) < 4.78 is 11.2. The van der Waals surface area contributed by atoms with Crippen LogP contribution < -0.4 is 4.74 Å². The Labute approximate surface area is 173 Å². The topological polar surface area (TPSA) is 47.9 Å². The molecule has 0 bridgehead atoms. The number of aliphatic imine (C=N–C) groups is 1. The molecule has 0 saturated carbocycles. The highest BCUT2D eigenvalue weighted by molar-refractivity contribution is 6.13. The van der Waals surface area contributed by atoms with Crippen LogP contribution in [-0.2, 0) is 9.53 Å². The van der Waals surface area contributed by atoms with Crippen molar-refractivity contribution in [2.24, 2.45) is 4.99 Å². The lowest BCUT2D eigenvalue weighted by Gasteiger charge is -2.06. The summed E-state index contributed by atoms with van der Waals surface area (Å²) in [6.45, 7) is 4.94. The number of cyclic esters (lactones) is 1. The average molecular weight is 392 g/mol. The molecule has 0 aliphatic carbocycles. The van der Waals surface area contributed by atoms with Crippen LogP contribution in [0.4, 0.5) is 0 Å². The number of hydrogen-bond acceptors (Lipinski definition) is 4. The van der Waals surface area contributed by atoms with Gasteiger partial charge in [0.05, 0.1) is 6.61 Å². The largest absolute Gasteiger partial charge is 0.494 e. The summed E-state index contributed by atoms with van der Waals surface area (Å²) in [5.74, 6) is 0.781. The van der Waals surface area contributed by atoms with Gasteiger partial charge in [-0.3, -0.25) is 0 Å². The van der Waals surface area contributed by atoms with Gasteiger partial charge in [0.2, 0.25) is 5.90 Å². The number of unbranched alkanes of at least 4 members (excludes halogenated alkanes) is 5. The van der Waals surface area contributed by atoms with Gasteiger partial charge in [-0.05, 0) is 48.7 Å². The van der Waals surface area contributed by atoms with Gasteiger partial charge < -0.3 is 9.47 Å². The molecule has 3 rings (SSSR count). The van der Waals surface area contributed by atoms with Crippen LogP contribution in [0.5, 0.6) is 5.75 Å². The molecule has 2 aromatic carbocycles. The Morgan fingerprint density at radius 1 is 0.966 bits per heavy atom. The SMILES string of the molecule is CCCCCCCCOc1ccc(/C=C2\N=C(c3ccccc3C)OC2=O)cc1. The zero-order valence-corrected chi connectivity index (χ0v) is 17.3. The van der Waals surface area contributed by atoms with E-state index in [4.69, 9.17) is 9.47 Å². The van der Waals surface area contributed by atoms with E-state index in [0.717, 1.165) is 35.5 Å². The first kappa shape index (κ1) is 20.8. The van der Waals surface area contributed by atoms with Gasteiger partial charge in [0, 0.05) is 5.56 Å². The smallest absolute Gasteiger partial charge is 0.363 e. The van der Waals surface area contributed by atoms with Crippen LogP contribution in [0.1, 0.15) is 62.1 Å². The number of hydrogen-bond donors (Lipinski definition) is 0. The molecule has 4 nitrogen and oxygen atoms in total. The number of rotatable bonds is 10. The number of benzene rings is 2. The van der Waals surface area contributed by atoms with Gasteiger partial charge in [-0.1, -0.05) is 69.4 Å². The molecule has 1 aliphatic heterocycles. The van der Waals surface area contributed by atoms with Crippen molar-refractivity contribution in [2.75, 3.05) is 6.61 Å². The Hall–Kier alpha value is -2.88. The van der Waals surface area contributed by atoms with Crippen LogP contribution in [-0.4, -0.2) is 18.5 Å². The summed E-state index contributed by atoms with van der Waals surface area (Å²) in [5, 5.41) is 0. The fourth-order valence-corrected chi connectivity index (χ4v) is 3.23. The maximum Gasteiger partial charge on any atom is 0.363 e. The quantitative estimate of drug-likeness (QED) is 0.280. The molecule has 0 saturated heterocycles. The fraction of sp³-hybridized carbons (Fsp3) is 0.360. The van der Waals surface area contributed by atoms with Gasteiger partial charge in [0.15, 0.2) is 5.70 Å². The second kappa shape index (κ2) is 10.6. The number of carbonyl (C=O) groups is 1. The van der Waals surface area contributed by atoms with Crippen molar-refractivity contribution in [1.29, 1.82) is 0 Å². The minimum absolute atomic E-state index is 0.309. The predicted molar refractivity (Wildman–Crippen MR) is 117 cm³/mol. The minimum Gasteiger partial charge on any atom is -0.494 e. The van der Waals surface area contributed by atoms with Crippen LogP contribution in [0.3, 0.4) is 0 Å². The maximum atomic E-state index is 12.2. The molecule has 0 amide bonds. The van der Waals surface area contributed by atoms with Crippen molar-refractivity contribution < 1.29 is 14.3 Å². The Balaban J connectivity index is 1.55. The predicted octanol–water partition coefficient (Wildman–Crippen LogP) is 6.08. The molecule has 0 fully saturated rings. The summed E-state index contributed by atoms with van der Waals surface area (Å²) in [4.78, 5) is 16.6. The molecule has 0 spiro atoms. The average Bonchev–Trinajstić information content (AvgIpc) is 3.09. The summed E-state index contributed by atoms with van der Waals surface area (Å²) in [7, 11) is 0. The summed E-state index contributed by atoms with van der Waals surface area (Å²) in [5.41, 5.74) is 3.05. The first-order valence-corrected chi connectivity index (χ1v) is 10.5. The van der Waals surface area contributed by atoms with E-state index in [1.807, 2.05) is 55.5 Å². The van der Waals surface area contributed by atoms with Crippen molar-refractivity contribution in [3.05, 3.63) is 70.9 Å². The number of carbonyl (C=O) groups excluding carboxylic acids is 1.